The monoisotopic (exact) mass is 588 g/mol. The molecule has 8 nitrogen and oxygen atoms in total. The molecule has 43 heavy (non-hydrogen) atoms. The molecule has 2 aliphatic heterocycles. The van der Waals surface area contributed by atoms with Crippen molar-refractivity contribution in [2.24, 2.45) is 17.8 Å². The number of aromatic nitrogens is 3. The van der Waals surface area contributed by atoms with Crippen LogP contribution in [0.25, 0.3) is 41.0 Å². The largest absolute Gasteiger partial charge is 2.00 e. The van der Waals surface area contributed by atoms with Crippen LogP contribution >= 0.6 is 0 Å². The summed E-state index contributed by atoms with van der Waals surface area (Å²) in [6.07, 6.45) is 8.81. The van der Waals surface area contributed by atoms with Gasteiger partial charge in [0.15, 0.2) is 0 Å². The number of carboxylic acid groups (broad SMARTS) is 1. The molecule has 1 saturated heterocycles. The minimum Gasteiger partial charge on any atom is -0.681 e. The molecule has 3 N–H and O–H groups in total. The first-order valence-corrected chi connectivity index (χ1v) is 14.6. The van der Waals surface area contributed by atoms with Gasteiger partial charge in [-0.1, -0.05) is 78.6 Å². The summed E-state index contributed by atoms with van der Waals surface area (Å²) >= 11 is 0. The Labute approximate surface area is 266 Å². The summed E-state index contributed by atoms with van der Waals surface area (Å²) in [7, 11) is 0. The molecule has 1 aliphatic carbocycles. The fraction of sp³-hybridized carbons (Fsp3) is 0.382. The van der Waals surface area contributed by atoms with Crippen molar-refractivity contribution in [2.45, 2.75) is 59.9 Å². The quantitative estimate of drug-likeness (QED) is 0.373. The zero-order valence-corrected chi connectivity index (χ0v) is 26.8. The van der Waals surface area contributed by atoms with Crippen molar-refractivity contribution in [3.05, 3.63) is 83.8 Å². The van der Waals surface area contributed by atoms with Crippen molar-refractivity contribution in [2.75, 3.05) is 6.61 Å². The Hall–Kier alpha value is -3.40. The van der Waals surface area contributed by atoms with Gasteiger partial charge in [0, 0.05) is 18.9 Å². The van der Waals surface area contributed by atoms with E-state index in [-0.39, 0.29) is 59.6 Å². The summed E-state index contributed by atoms with van der Waals surface area (Å²) < 4.78 is 0. The van der Waals surface area contributed by atoms with E-state index in [0.717, 1.165) is 72.8 Å². The smallest absolute Gasteiger partial charge is 0.681 e. The van der Waals surface area contributed by atoms with Gasteiger partial charge in [0.25, 0.3) is 0 Å². The number of carbonyl (C=O) groups is 1. The second-order valence-corrected chi connectivity index (χ2v) is 11.7. The van der Waals surface area contributed by atoms with Crippen LogP contribution in [0.15, 0.2) is 12.3 Å². The van der Waals surface area contributed by atoms with E-state index in [1.165, 1.54) is 0 Å². The van der Waals surface area contributed by atoms with Gasteiger partial charge in [-0.15, -0.1) is 33.1 Å². The van der Waals surface area contributed by atoms with Crippen molar-refractivity contribution >= 4 is 64.7 Å². The second-order valence-electron chi connectivity index (χ2n) is 11.7. The number of hydrogen-bond donors (Lipinski definition) is 3. The molecule has 220 valence electrons. The Kier molecular flexibility index (Phi) is 8.37. The fourth-order valence-corrected chi connectivity index (χ4v) is 7.15. The van der Waals surface area contributed by atoms with Gasteiger partial charge >= 0.3 is 29.0 Å². The summed E-state index contributed by atoms with van der Waals surface area (Å²) in [5, 5.41) is 39.8. The van der Waals surface area contributed by atoms with Gasteiger partial charge in [0.05, 0.1) is 0 Å². The molecule has 1 fully saturated rings. The van der Waals surface area contributed by atoms with Crippen LogP contribution in [0.1, 0.15) is 71.6 Å². The number of aliphatic hydroxyl groups is 2. The third-order valence-electron chi connectivity index (χ3n) is 9.51. The molecule has 9 heteroatoms. The zero-order chi connectivity index (χ0) is 30.0. The van der Waals surface area contributed by atoms with E-state index in [1.807, 2.05) is 39.0 Å². The Bertz CT molecular complexity index is 1920. The van der Waals surface area contributed by atoms with Crippen molar-refractivity contribution in [1.82, 2.24) is 15.0 Å². The van der Waals surface area contributed by atoms with Crippen molar-refractivity contribution in [1.29, 1.82) is 0 Å². The molecule has 0 amide bonds. The van der Waals surface area contributed by atoms with Crippen LogP contribution in [-0.2, 0) is 11.2 Å². The van der Waals surface area contributed by atoms with Crippen LogP contribution < -0.4 is 36.2 Å². The maximum absolute atomic E-state index is 11.7. The molecule has 0 spiro atoms. The first kappa shape index (κ1) is 31.0. The number of nitrogens with zero attached hydrogens (tertiary/aromatic N) is 4. The van der Waals surface area contributed by atoms with Gasteiger partial charge in [-0.25, -0.2) is 0 Å². The molecule has 3 aliphatic rings. The Morgan fingerprint density at radius 2 is 1.70 bits per heavy atom. The molecule has 8 bridgehead atoms. The SMILES string of the molecule is C=Cc1c2[n-]c(c1C)/C=C1\[N-]C(C3=c4[n-]c(c(C)c4=C(O)[C@@H]3C)/C=c3\[n-]/c(c(C)c3CC)=C\2)[C@@H](CCC(=O)O)[C@@H]1CO.[Mg+2]. The third-order valence-corrected chi connectivity index (χ3v) is 9.51. The third kappa shape index (κ3) is 4.82. The second kappa shape index (κ2) is 11.6. The topological polar surface area (TPSA) is 134 Å². The molecular weight excluding hydrogens is 553 g/mol. The van der Waals surface area contributed by atoms with Gasteiger partial charge in [0.1, 0.15) is 5.76 Å². The van der Waals surface area contributed by atoms with E-state index in [9.17, 15) is 20.1 Å². The van der Waals surface area contributed by atoms with Crippen LogP contribution in [-0.4, -0.2) is 57.0 Å². The summed E-state index contributed by atoms with van der Waals surface area (Å²) in [4.78, 5) is 26.7. The van der Waals surface area contributed by atoms with E-state index in [2.05, 4.69) is 20.4 Å². The molecule has 6 rings (SSSR count). The predicted octanol–water partition coefficient (Wildman–Crippen LogP) is 1.63. The van der Waals surface area contributed by atoms with Gasteiger partial charge in [-0.3, -0.25) is 4.79 Å². The fourth-order valence-electron chi connectivity index (χ4n) is 7.15. The van der Waals surface area contributed by atoms with E-state index < -0.39 is 12.0 Å². The Balaban J connectivity index is 0.00000368. The first-order valence-electron chi connectivity index (χ1n) is 14.6. The summed E-state index contributed by atoms with van der Waals surface area (Å²) in [5.41, 5.74) is 8.75. The number of fused-ring (bicyclic) bond motifs is 8. The average Bonchev–Trinajstić information content (AvgIpc) is 3.69. The zero-order valence-electron chi connectivity index (χ0n) is 25.4. The summed E-state index contributed by atoms with van der Waals surface area (Å²) in [5.74, 6) is -1.64. The van der Waals surface area contributed by atoms with E-state index in [1.54, 1.807) is 6.08 Å². The van der Waals surface area contributed by atoms with Crippen LogP contribution in [0.4, 0.5) is 0 Å². The minimum atomic E-state index is -0.896. The first-order chi connectivity index (χ1) is 20.1. The average molecular weight is 589 g/mol. The molecular formula is C34H36MgN4O4-2. The number of rotatable bonds is 6. The molecule has 1 unspecified atom stereocenters. The molecule has 5 heterocycles. The van der Waals surface area contributed by atoms with Crippen LogP contribution in [0.5, 0.6) is 0 Å². The molecule has 0 saturated carbocycles. The van der Waals surface area contributed by atoms with E-state index in [0.29, 0.717) is 17.5 Å². The normalized spacial score (nSPS) is 24.7. The number of aliphatic hydroxyl groups excluding tert-OH is 2. The van der Waals surface area contributed by atoms with Crippen LogP contribution in [0.3, 0.4) is 0 Å². The van der Waals surface area contributed by atoms with Gasteiger partial charge < -0.3 is 35.6 Å². The van der Waals surface area contributed by atoms with Gasteiger partial charge in [-0.2, -0.15) is 5.70 Å². The number of hydrogen-bond acceptors (Lipinski definition) is 3. The Morgan fingerprint density at radius 3 is 2.35 bits per heavy atom. The number of aliphatic carboxylic acids is 1. The molecule has 0 radical (unpaired) electrons. The van der Waals surface area contributed by atoms with Crippen LogP contribution in [0, 0.1) is 38.5 Å². The summed E-state index contributed by atoms with van der Waals surface area (Å²) in [6.45, 7) is 14.0. The van der Waals surface area contributed by atoms with Crippen molar-refractivity contribution < 1.29 is 20.1 Å². The maximum atomic E-state index is 11.7. The standard InChI is InChI=1S/C34H36N4O4.Mg/c1-7-19-16(4)24-12-28-22(14-39)21(9-10-29(40)41)32(38-28)30-18(6)34(42)31-17(5)25(37-33(30)31)13-27-20(8-2)15(3)23(35-27)11-26(19)36-24;/h7,11-13,18,21-22,32,39,42H,1,8-10,14H2,2-6H3,(H,40,41);/q-4;+2/b23-11-,27-13-,28-12-;/t18-,21+,22+,32?;/m1./s1. The minimum absolute atomic E-state index is 0. The number of carboxylic acids is 1. The predicted molar refractivity (Wildman–Crippen MR) is 169 cm³/mol. The Morgan fingerprint density at radius 1 is 1.00 bits per heavy atom. The molecule has 3 aromatic rings. The van der Waals surface area contributed by atoms with E-state index >= 15 is 0 Å². The molecule has 0 aromatic carbocycles. The summed E-state index contributed by atoms with van der Waals surface area (Å²) in [6, 6.07) is -0.446. The van der Waals surface area contributed by atoms with Gasteiger partial charge in [-0.05, 0) is 56.2 Å². The molecule has 3 aromatic heterocycles. The maximum Gasteiger partial charge on any atom is 2.00 e. The van der Waals surface area contributed by atoms with Gasteiger partial charge in [0.2, 0.25) is 0 Å². The molecule has 4 atom stereocenters. The van der Waals surface area contributed by atoms with E-state index in [4.69, 9.17) is 20.3 Å². The van der Waals surface area contributed by atoms with Crippen molar-refractivity contribution in [3.63, 3.8) is 0 Å². The van der Waals surface area contributed by atoms with Crippen LogP contribution in [0.2, 0.25) is 0 Å². The van der Waals surface area contributed by atoms with Crippen molar-refractivity contribution in [3.8, 4) is 0 Å².